The van der Waals surface area contributed by atoms with Crippen LogP contribution in [0.5, 0.6) is 5.75 Å². The van der Waals surface area contributed by atoms with Crippen molar-refractivity contribution in [2.75, 3.05) is 6.54 Å². The summed E-state index contributed by atoms with van der Waals surface area (Å²) in [6.07, 6.45) is 0. The van der Waals surface area contributed by atoms with Gasteiger partial charge in [-0.3, -0.25) is 4.99 Å². The number of halogens is 1. The van der Waals surface area contributed by atoms with Crippen LogP contribution < -0.4 is 5.73 Å². The van der Waals surface area contributed by atoms with Gasteiger partial charge in [-0.1, -0.05) is 17.7 Å². The molecule has 0 atom stereocenters. The molecule has 13 heavy (non-hydrogen) atoms. The summed E-state index contributed by atoms with van der Waals surface area (Å²) < 4.78 is 0. The lowest BCUT2D eigenvalue weighted by Gasteiger charge is -2.05. The fraction of sp³-hybridized carbons (Fsp3) is 0.222. The second-order valence-electron chi connectivity index (χ2n) is 2.49. The van der Waals surface area contributed by atoms with E-state index in [0.717, 1.165) is 0 Å². The van der Waals surface area contributed by atoms with Crippen LogP contribution in [-0.2, 0) is 0 Å². The Bertz CT molecular complexity index is 316. The first kappa shape index (κ1) is 9.86. The van der Waals surface area contributed by atoms with E-state index in [0.29, 0.717) is 17.1 Å². The predicted octanol–water partition coefficient (Wildman–Crippen LogP) is 1.77. The fourth-order valence-electron chi connectivity index (χ4n) is 1.02. The van der Waals surface area contributed by atoms with Gasteiger partial charge in [-0.25, -0.2) is 0 Å². The summed E-state index contributed by atoms with van der Waals surface area (Å²) in [5, 5.41) is 9.85. The maximum absolute atomic E-state index is 9.44. The molecule has 3 nitrogen and oxygen atoms in total. The molecule has 0 aliphatic heterocycles. The zero-order valence-corrected chi connectivity index (χ0v) is 8.04. The van der Waals surface area contributed by atoms with Crippen LogP contribution in [0, 0.1) is 0 Å². The molecule has 0 saturated carbocycles. The number of rotatable bonds is 2. The predicted molar refractivity (Wildman–Crippen MR) is 54.4 cm³/mol. The van der Waals surface area contributed by atoms with Crippen molar-refractivity contribution >= 4 is 17.4 Å². The van der Waals surface area contributed by atoms with Crippen LogP contribution >= 0.6 is 11.6 Å². The van der Waals surface area contributed by atoms with E-state index in [1.807, 2.05) is 6.92 Å². The van der Waals surface area contributed by atoms with E-state index < -0.39 is 0 Å². The minimum Gasteiger partial charge on any atom is -0.507 e. The second-order valence-corrected chi connectivity index (χ2v) is 2.90. The standard InChI is InChI=1S/C9H11ClN2O/c1-2-12-9(11)8-6(10)4-3-5-7(8)13/h3-5,13H,2H2,1H3,(H2,11,12). The molecule has 0 aliphatic carbocycles. The summed E-state index contributed by atoms with van der Waals surface area (Å²) in [7, 11) is 0. The maximum atomic E-state index is 9.44. The van der Waals surface area contributed by atoms with Gasteiger partial charge in [-0.05, 0) is 19.1 Å². The number of hydrogen-bond donors (Lipinski definition) is 2. The molecule has 0 bridgehead atoms. The minimum absolute atomic E-state index is 0.0576. The maximum Gasteiger partial charge on any atom is 0.130 e. The first-order chi connectivity index (χ1) is 6.16. The molecule has 0 saturated heterocycles. The van der Waals surface area contributed by atoms with Crippen LogP contribution in [0.2, 0.25) is 5.02 Å². The molecular formula is C9H11ClN2O. The van der Waals surface area contributed by atoms with E-state index >= 15 is 0 Å². The number of hydrogen-bond acceptors (Lipinski definition) is 2. The van der Waals surface area contributed by atoms with E-state index in [4.69, 9.17) is 17.3 Å². The van der Waals surface area contributed by atoms with Gasteiger partial charge < -0.3 is 10.8 Å². The van der Waals surface area contributed by atoms with E-state index in [1.165, 1.54) is 6.07 Å². The Morgan fingerprint density at radius 3 is 2.85 bits per heavy atom. The van der Waals surface area contributed by atoms with Crippen LogP contribution in [-0.4, -0.2) is 17.5 Å². The largest absolute Gasteiger partial charge is 0.507 e. The van der Waals surface area contributed by atoms with Gasteiger partial charge in [-0.2, -0.15) is 0 Å². The van der Waals surface area contributed by atoms with Gasteiger partial charge in [0.2, 0.25) is 0 Å². The summed E-state index contributed by atoms with van der Waals surface area (Å²) in [6, 6.07) is 4.84. The topological polar surface area (TPSA) is 58.6 Å². The average molecular weight is 199 g/mol. The van der Waals surface area contributed by atoms with Crippen molar-refractivity contribution < 1.29 is 5.11 Å². The molecule has 70 valence electrons. The second kappa shape index (κ2) is 4.14. The summed E-state index contributed by atoms with van der Waals surface area (Å²) in [5.41, 5.74) is 6.02. The molecule has 0 spiro atoms. The third-order valence-corrected chi connectivity index (χ3v) is 1.89. The number of phenols is 1. The third-order valence-electron chi connectivity index (χ3n) is 1.58. The first-order valence-corrected chi connectivity index (χ1v) is 4.32. The Morgan fingerprint density at radius 1 is 1.62 bits per heavy atom. The highest BCUT2D eigenvalue weighted by Gasteiger charge is 2.08. The lowest BCUT2D eigenvalue weighted by Crippen LogP contribution is -2.14. The monoisotopic (exact) mass is 198 g/mol. The van der Waals surface area contributed by atoms with Crippen molar-refractivity contribution in [3.8, 4) is 5.75 Å². The summed E-state index contributed by atoms with van der Waals surface area (Å²) in [5.74, 6) is 0.327. The van der Waals surface area contributed by atoms with E-state index in [-0.39, 0.29) is 11.6 Å². The lowest BCUT2D eigenvalue weighted by molar-refractivity contribution is 0.474. The molecule has 1 aromatic carbocycles. The van der Waals surface area contributed by atoms with Gasteiger partial charge in [-0.15, -0.1) is 0 Å². The molecule has 0 fully saturated rings. The van der Waals surface area contributed by atoms with E-state index in [2.05, 4.69) is 4.99 Å². The van der Waals surface area contributed by atoms with Crippen molar-refractivity contribution in [3.05, 3.63) is 28.8 Å². The molecule has 3 N–H and O–H groups in total. The van der Waals surface area contributed by atoms with Crippen LogP contribution in [0.15, 0.2) is 23.2 Å². The Labute approximate surface area is 81.9 Å². The molecular weight excluding hydrogens is 188 g/mol. The van der Waals surface area contributed by atoms with Crippen molar-refractivity contribution in [1.29, 1.82) is 0 Å². The number of nitrogens with two attached hydrogens (primary N) is 1. The zero-order chi connectivity index (χ0) is 9.84. The van der Waals surface area contributed by atoms with Gasteiger partial charge in [0, 0.05) is 6.54 Å². The average Bonchev–Trinajstić information content (AvgIpc) is 2.04. The van der Waals surface area contributed by atoms with Gasteiger partial charge in [0.1, 0.15) is 11.6 Å². The fourth-order valence-corrected chi connectivity index (χ4v) is 1.28. The van der Waals surface area contributed by atoms with Gasteiger partial charge in [0.25, 0.3) is 0 Å². The highest BCUT2D eigenvalue weighted by atomic mass is 35.5. The molecule has 4 heteroatoms. The number of phenolic OH excluding ortho intramolecular Hbond substituents is 1. The Hall–Kier alpha value is -1.22. The zero-order valence-electron chi connectivity index (χ0n) is 7.29. The van der Waals surface area contributed by atoms with Crippen LogP contribution in [0.1, 0.15) is 12.5 Å². The SMILES string of the molecule is CCN=C(N)c1c(O)cccc1Cl. The van der Waals surface area contributed by atoms with E-state index in [9.17, 15) is 5.11 Å². The van der Waals surface area contributed by atoms with Crippen molar-refractivity contribution in [1.82, 2.24) is 0 Å². The normalized spacial score (nSPS) is 11.7. The minimum atomic E-state index is 0.0576. The van der Waals surface area contributed by atoms with E-state index in [1.54, 1.807) is 12.1 Å². The molecule has 1 rings (SSSR count). The van der Waals surface area contributed by atoms with Crippen LogP contribution in [0.4, 0.5) is 0 Å². The summed E-state index contributed by atoms with van der Waals surface area (Å²) >= 11 is 5.84. The van der Waals surface area contributed by atoms with Crippen molar-refractivity contribution in [2.45, 2.75) is 6.92 Å². The molecule has 0 radical (unpaired) electrons. The summed E-state index contributed by atoms with van der Waals surface area (Å²) in [4.78, 5) is 3.97. The highest BCUT2D eigenvalue weighted by molar-refractivity contribution is 6.34. The number of aliphatic imine (C=N–C) groups is 1. The van der Waals surface area contributed by atoms with Gasteiger partial charge >= 0.3 is 0 Å². The Morgan fingerprint density at radius 2 is 2.31 bits per heavy atom. The number of nitrogens with zero attached hydrogens (tertiary/aromatic N) is 1. The first-order valence-electron chi connectivity index (χ1n) is 3.94. The van der Waals surface area contributed by atoms with Crippen molar-refractivity contribution in [2.24, 2.45) is 10.7 Å². The molecule has 0 aromatic heterocycles. The highest BCUT2D eigenvalue weighted by Crippen LogP contribution is 2.24. The summed E-state index contributed by atoms with van der Waals surface area (Å²) in [6.45, 7) is 2.43. The molecule has 1 aromatic rings. The Kier molecular flexibility index (Phi) is 3.14. The van der Waals surface area contributed by atoms with Gasteiger partial charge in [0.05, 0.1) is 10.6 Å². The molecule has 0 amide bonds. The van der Waals surface area contributed by atoms with Crippen LogP contribution in [0.25, 0.3) is 0 Å². The quantitative estimate of drug-likeness (QED) is 0.562. The molecule has 0 aliphatic rings. The van der Waals surface area contributed by atoms with Crippen LogP contribution in [0.3, 0.4) is 0 Å². The number of amidine groups is 1. The number of benzene rings is 1. The molecule has 0 heterocycles. The third kappa shape index (κ3) is 2.12. The van der Waals surface area contributed by atoms with Gasteiger partial charge in [0.15, 0.2) is 0 Å². The Balaban J connectivity index is 3.20. The molecule has 0 unspecified atom stereocenters. The smallest absolute Gasteiger partial charge is 0.130 e. The number of aromatic hydroxyl groups is 1. The lowest BCUT2D eigenvalue weighted by atomic mass is 10.2. The van der Waals surface area contributed by atoms with Crippen molar-refractivity contribution in [3.63, 3.8) is 0 Å².